The van der Waals surface area contributed by atoms with Gasteiger partial charge in [-0.25, -0.2) is 0 Å². The van der Waals surface area contributed by atoms with Gasteiger partial charge < -0.3 is 10.1 Å². The third-order valence-electron chi connectivity index (χ3n) is 3.73. The number of benzene rings is 1. The number of carbonyl (C=O) groups is 1. The van der Waals surface area contributed by atoms with Crippen LogP contribution < -0.4 is 0 Å². The van der Waals surface area contributed by atoms with Crippen molar-refractivity contribution in [1.29, 1.82) is 0 Å². The van der Waals surface area contributed by atoms with E-state index in [1.807, 2.05) is 12.1 Å². The Kier molecular flexibility index (Phi) is 4.25. The molecule has 0 saturated carbocycles. The Labute approximate surface area is 113 Å². The van der Waals surface area contributed by atoms with Crippen molar-refractivity contribution in [2.24, 2.45) is 5.92 Å². The van der Waals surface area contributed by atoms with Crippen LogP contribution in [0.5, 0.6) is 0 Å². The molecule has 0 radical (unpaired) electrons. The zero-order valence-electron chi connectivity index (χ0n) is 11.5. The molecule has 1 aromatic carbocycles. The minimum atomic E-state index is -0.707. The van der Waals surface area contributed by atoms with Crippen LogP contribution in [-0.2, 0) is 4.79 Å². The van der Waals surface area contributed by atoms with Gasteiger partial charge in [0, 0.05) is 23.5 Å². The Morgan fingerprint density at radius 2 is 2.05 bits per heavy atom. The van der Waals surface area contributed by atoms with Crippen molar-refractivity contribution >= 4 is 16.9 Å². The highest BCUT2D eigenvalue weighted by molar-refractivity contribution is 5.83. The molecule has 0 spiro atoms. The van der Waals surface area contributed by atoms with Crippen LogP contribution in [0, 0.1) is 5.92 Å². The SMILES string of the molecule is CC(C)C(CCCC(=O)O)c1c[nH]c2ccccc12. The van der Waals surface area contributed by atoms with Gasteiger partial charge in [-0.1, -0.05) is 32.0 Å². The topological polar surface area (TPSA) is 53.1 Å². The molecular weight excluding hydrogens is 238 g/mol. The lowest BCUT2D eigenvalue weighted by molar-refractivity contribution is -0.137. The summed E-state index contributed by atoms with van der Waals surface area (Å²) in [6, 6.07) is 8.28. The van der Waals surface area contributed by atoms with Crippen molar-refractivity contribution in [3.8, 4) is 0 Å². The summed E-state index contributed by atoms with van der Waals surface area (Å²) in [5.74, 6) is 0.213. The Bertz CT molecular complexity index is 557. The van der Waals surface area contributed by atoms with E-state index in [-0.39, 0.29) is 6.42 Å². The maximum atomic E-state index is 10.6. The zero-order valence-corrected chi connectivity index (χ0v) is 11.5. The van der Waals surface area contributed by atoms with E-state index in [2.05, 4.69) is 37.2 Å². The van der Waals surface area contributed by atoms with Gasteiger partial charge in [0.05, 0.1) is 0 Å². The largest absolute Gasteiger partial charge is 0.481 e. The highest BCUT2D eigenvalue weighted by Crippen LogP contribution is 2.34. The minimum absolute atomic E-state index is 0.256. The molecule has 0 amide bonds. The van der Waals surface area contributed by atoms with E-state index in [9.17, 15) is 4.79 Å². The van der Waals surface area contributed by atoms with Crippen molar-refractivity contribution in [3.63, 3.8) is 0 Å². The van der Waals surface area contributed by atoms with Crippen molar-refractivity contribution in [3.05, 3.63) is 36.0 Å². The molecule has 0 aliphatic heterocycles. The van der Waals surface area contributed by atoms with E-state index < -0.39 is 5.97 Å². The van der Waals surface area contributed by atoms with Crippen molar-refractivity contribution in [1.82, 2.24) is 4.98 Å². The first kappa shape index (κ1) is 13.7. The number of para-hydroxylation sites is 1. The Morgan fingerprint density at radius 1 is 1.32 bits per heavy atom. The van der Waals surface area contributed by atoms with E-state index in [0.717, 1.165) is 18.4 Å². The molecule has 2 aromatic rings. The summed E-state index contributed by atoms with van der Waals surface area (Å²) in [5, 5.41) is 10.0. The van der Waals surface area contributed by atoms with E-state index >= 15 is 0 Å². The number of aromatic nitrogens is 1. The molecule has 19 heavy (non-hydrogen) atoms. The summed E-state index contributed by atoms with van der Waals surface area (Å²) in [6.45, 7) is 4.40. The van der Waals surface area contributed by atoms with E-state index in [4.69, 9.17) is 5.11 Å². The lowest BCUT2D eigenvalue weighted by Crippen LogP contribution is -2.07. The van der Waals surface area contributed by atoms with Crippen LogP contribution in [0.1, 0.15) is 44.6 Å². The first-order valence-corrected chi connectivity index (χ1v) is 6.87. The second-order valence-electron chi connectivity index (χ2n) is 5.43. The summed E-state index contributed by atoms with van der Waals surface area (Å²) in [5.41, 5.74) is 2.47. The summed E-state index contributed by atoms with van der Waals surface area (Å²) >= 11 is 0. The van der Waals surface area contributed by atoms with Gasteiger partial charge in [0.2, 0.25) is 0 Å². The van der Waals surface area contributed by atoms with Crippen LogP contribution in [0.15, 0.2) is 30.5 Å². The van der Waals surface area contributed by atoms with Gasteiger partial charge in [-0.05, 0) is 36.3 Å². The molecule has 0 fully saturated rings. The van der Waals surface area contributed by atoms with Crippen LogP contribution in [0.2, 0.25) is 0 Å². The predicted molar refractivity (Wildman–Crippen MR) is 77.4 cm³/mol. The second kappa shape index (κ2) is 5.91. The number of nitrogens with one attached hydrogen (secondary N) is 1. The summed E-state index contributed by atoms with van der Waals surface area (Å²) in [7, 11) is 0. The maximum Gasteiger partial charge on any atom is 0.303 e. The fourth-order valence-electron chi connectivity index (χ4n) is 2.72. The van der Waals surface area contributed by atoms with Crippen LogP contribution in [-0.4, -0.2) is 16.1 Å². The van der Waals surface area contributed by atoms with E-state index in [0.29, 0.717) is 11.8 Å². The molecule has 1 heterocycles. The fraction of sp³-hybridized carbons (Fsp3) is 0.438. The summed E-state index contributed by atoms with van der Waals surface area (Å²) < 4.78 is 0. The van der Waals surface area contributed by atoms with Gasteiger partial charge in [0.15, 0.2) is 0 Å². The van der Waals surface area contributed by atoms with Crippen LogP contribution in [0.25, 0.3) is 10.9 Å². The molecule has 0 aliphatic rings. The minimum Gasteiger partial charge on any atom is -0.481 e. The van der Waals surface area contributed by atoms with Gasteiger partial charge >= 0.3 is 5.97 Å². The monoisotopic (exact) mass is 259 g/mol. The van der Waals surface area contributed by atoms with Gasteiger partial charge in [0.25, 0.3) is 0 Å². The lowest BCUT2D eigenvalue weighted by atomic mass is 9.84. The average Bonchev–Trinajstić information content (AvgIpc) is 2.77. The number of rotatable bonds is 6. The Hall–Kier alpha value is -1.77. The van der Waals surface area contributed by atoms with Crippen LogP contribution >= 0.6 is 0 Å². The zero-order chi connectivity index (χ0) is 13.8. The highest BCUT2D eigenvalue weighted by atomic mass is 16.4. The smallest absolute Gasteiger partial charge is 0.303 e. The molecule has 3 nitrogen and oxygen atoms in total. The second-order valence-corrected chi connectivity index (χ2v) is 5.43. The number of hydrogen-bond donors (Lipinski definition) is 2. The molecule has 0 aliphatic carbocycles. The first-order valence-electron chi connectivity index (χ1n) is 6.87. The number of aromatic amines is 1. The molecule has 3 heteroatoms. The number of fused-ring (bicyclic) bond motifs is 1. The summed E-state index contributed by atoms with van der Waals surface area (Å²) in [6.07, 6.45) is 3.99. The molecule has 2 rings (SSSR count). The van der Waals surface area contributed by atoms with Gasteiger partial charge in [-0.3, -0.25) is 4.79 Å². The number of carboxylic acid groups (broad SMARTS) is 1. The molecule has 1 atom stereocenters. The van der Waals surface area contributed by atoms with E-state index in [1.165, 1.54) is 10.9 Å². The average molecular weight is 259 g/mol. The fourth-order valence-corrected chi connectivity index (χ4v) is 2.72. The number of aliphatic carboxylic acids is 1. The molecule has 0 saturated heterocycles. The molecule has 1 unspecified atom stereocenters. The molecular formula is C16H21NO2. The molecule has 2 N–H and O–H groups in total. The molecule has 0 bridgehead atoms. The quantitative estimate of drug-likeness (QED) is 0.818. The van der Waals surface area contributed by atoms with Crippen LogP contribution in [0.4, 0.5) is 0 Å². The van der Waals surface area contributed by atoms with E-state index in [1.54, 1.807) is 0 Å². The Morgan fingerprint density at radius 3 is 2.74 bits per heavy atom. The summed E-state index contributed by atoms with van der Waals surface area (Å²) in [4.78, 5) is 13.9. The number of H-pyrrole nitrogens is 1. The molecule has 102 valence electrons. The van der Waals surface area contributed by atoms with Crippen LogP contribution in [0.3, 0.4) is 0 Å². The highest BCUT2D eigenvalue weighted by Gasteiger charge is 2.19. The Balaban J connectivity index is 2.21. The van der Waals surface area contributed by atoms with Gasteiger partial charge in [0.1, 0.15) is 0 Å². The normalized spacial score (nSPS) is 13.0. The number of carboxylic acids is 1. The maximum absolute atomic E-state index is 10.6. The number of hydrogen-bond acceptors (Lipinski definition) is 1. The van der Waals surface area contributed by atoms with Gasteiger partial charge in [-0.15, -0.1) is 0 Å². The third kappa shape index (κ3) is 3.16. The standard InChI is InChI=1S/C16H21NO2/c1-11(2)12(7-5-9-16(18)19)14-10-17-15-8-4-3-6-13(14)15/h3-4,6,8,10-12,17H,5,7,9H2,1-2H3,(H,18,19). The predicted octanol–water partition coefficient (Wildman–Crippen LogP) is 4.16. The van der Waals surface area contributed by atoms with Gasteiger partial charge in [-0.2, -0.15) is 0 Å². The first-order chi connectivity index (χ1) is 9.09. The molecule has 1 aromatic heterocycles. The third-order valence-corrected chi connectivity index (χ3v) is 3.73. The lowest BCUT2D eigenvalue weighted by Gasteiger charge is -2.20. The van der Waals surface area contributed by atoms with Crippen molar-refractivity contribution in [2.45, 2.75) is 39.0 Å². The van der Waals surface area contributed by atoms with Crippen molar-refractivity contribution in [2.75, 3.05) is 0 Å². The van der Waals surface area contributed by atoms with Crippen molar-refractivity contribution < 1.29 is 9.90 Å².